The Bertz CT molecular complexity index is 345. The third-order valence-electron chi connectivity index (χ3n) is 2.14. The topological polar surface area (TPSA) is 27.1 Å². The van der Waals surface area contributed by atoms with Crippen molar-refractivity contribution in [1.29, 1.82) is 0 Å². The molecule has 1 aromatic heterocycles. The second-order valence-electron chi connectivity index (χ2n) is 3.25. The fourth-order valence-electron chi connectivity index (χ4n) is 1.33. The molecule has 0 bridgehead atoms. The highest BCUT2D eigenvalue weighted by atomic mass is 79.9. The van der Waals surface area contributed by atoms with Crippen LogP contribution in [0.25, 0.3) is 0 Å². The Kier molecular flexibility index (Phi) is 5.05. The first-order valence-corrected chi connectivity index (χ1v) is 5.90. The molecule has 0 aliphatic heterocycles. The number of aryl methyl sites for hydroxylation is 2. The van der Waals surface area contributed by atoms with Gasteiger partial charge in [-0.05, 0) is 36.7 Å². The van der Waals surface area contributed by atoms with Gasteiger partial charge in [-0.25, -0.2) is 0 Å². The van der Waals surface area contributed by atoms with Gasteiger partial charge >= 0.3 is 0 Å². The van der Waals surface area contributed by atoms with Gasteiger partial charge in [-0.3, -0.25) is 4.68 Å². The van der Waals surface area contributed by atoms with Crippen LogP contribution in [0.1, 0.15) is 25.2 Å². The van der Waals surface area contributed by atoms with E-state index in [2.05, 4.69) is 28.0 Å². The first-order valence-electron chi connectivity index (χ1n) is 5.11. The minimum atomic E-state index is 0.597. The quantitative estimate of drug-likeness (QED) is 0.609. The van der Waals surface area contributed by atoms with Crippen LogP contribution in [0.2, 0.25) is 0 Å². The summed E-state index contributed by atoms with van der Waals surface area (Å²) in [6.07, 6.45) is 3.98. The number of hydrogen-bond acceptors (Lipinski definition) is 2. The van der Waals surface area contributed by atoms with Crippen LogP contribution in [0.3, 0.4) is 0 Å². The fraction of sp³-hybridized carbons (Fsp3) is 0.545. The Morgan fingerprint density at radius 1 is 1.53 bits per heavy atom. The monoisotopic (exact) mass is 272 g/mol. The smallest absolute Gasteiger partial charge is 0.0900 e. The van der Waals surface area contributed by atoms with Gasteiger partial charge in [0.2, 0.25) is 0 Å². The maximum absolute atomic E-state index is 5.52. The van der Waals surface area contributed by atoms with E-state index in [1.807, 2.05) is 30.7 Å². The second-order valence-corrected chi connectivity index (χ2v) is 4.04. The number of aromatic nitrogens is 2. The van der Waals surface area contributed by atoms with Gasteiger partial charge in [-0.1, -0.05) is 12.2 Å². The number of hydrogen-bond donors (Lipinski definition) is 0. The van der Waals surface area contributed by atoms with E-state index in [0.717, 1.165) is 22.4 Å². The molecule has 15 heavy (non-hydrogen) atoms. The van der Waals surface area contributed by atoms with Gasteiger partial charge in [0, 0.05) is 6.54 Å². The van der Waals surface area contributed by atoms with Crippen LogP contribution in [0.5, 0.6) is 0 Å². The van der Waals surface area contributed by atoms with Crippen molar-refractivity contribution in [3.8, 4) is 0 Å². The summed E-state index contributed by atoms with van der Waals surface area (Å²) in [7, 11) is 0. The van der Waals surface area contributed by atoms with Crippen molar-refractivity contribution in [2.75, 3.05) is 6.61 Å². The van der Waals surface area contributed by atoms with Crippen LogP contribution < -0.4 is 0 Å². The van der Waals surface area contributed by atoms with Gasteiger partial charge in [-0.2, -0.15) is 5.10 Å². The zero-order valence-electron chi connectivity index (χ0n) is 9.46. The first-order chi connectivity index (χ1) is 7.20. The van der Waals surface area contributed by atoms with E-state index in [9.17, 15) is 0 Å². The molecule has 0 aliphatic rings. The highest BCUT2D eigenvalue weighted by Crippen LogP contribution is 2.21. The van der Waals surface area contributed by atoms with E-state index in [4.69, 9.17) is 4.74 Å². The molecule has 0 fully saturated rings. The van der Waals surface area contributed by atoms with E-state index in [1.54, 1.807) is 0 Å². The summed E-state index contributed by atoms with van der Waals surface area (Å²) < 4.78 is 8.55. The molecule has 0 amide bonds. The molecule has 0 unspecified atom stereocenters. The third kappa shape index (κ3) is 3.18. The van der Waals surface area contributed by atoms with Crippen LogP contribution in [0.15, 0.2) is 16.6 Å². The predicted molar refractivity (Wildman–Crippen MR) is 64.8 cm³/mol. The van der Waals surface area contributed by atoms with Crippen molar-refractivity contribution in [2.24, 2.45) is 0 Å². The van der Waals surface area contributed by atoms with E-state index in [1.165, 1.54) is 0 Å². The van der Waals surface area contributed by atoms with Crippen LogP contribution in [0, 0.1) is 6.92 Å². The van der Waals surface area contributed by atoms with Crippen molar-refractivity contribution in [1.82, 2.24) is 9.78 Å². The van der Waals surface area contributed by atoms with Gasteiger partial charge in [0.05, 0.1) is 29.1 Å². The summed E-state index contributed by atoms with van der Waals surface area (Å²) >= 11 is 3.53. The number of ether oxygens (including phenoxy) is 1. The average Bonchev–Trinajstić information content (AvgIpc) is 2.51. The molecule has 1 heterocycles. The molecular weight excluding hydrogens is 256 g/mol. The molecule has 84 valence electrons. The summed E-state index contributed by atoms with van der Waals surface area (Å²) in [5.41, 5.74) is 2.13. The molecule has 0 N–H and O–H groups in total. The Morgan fingerprint density at radius 2 is 2.27 bits per heavy atom. The molecular formula is C11H17BrN2O. The predicted octanol–water partition coefficient (Wildman–Crippen LogP) is 3.07. The van der Waals surface area contributed by atoms with Crippen LogP contribution in [-0.4, -0.2) is 16.4 Å². The van der Waals surface area contributed by atoms with Crippen molar-refractivity contribution >= 4 is 15.9 Å². The molecule has 0 aromatic carbocycles. The minimum Gasteiger partial charge on any atom is -0.371 e. The number of rotatable bonds is 5. The van der Waals surface area contributed by atoms with E-state index >= 15 is 0 Å². The van der Waals surface area contributed by atoms with Gasteiger partial charge < -0.3 is 4.74 Å². The fourth-order valence-corrected chi connectivity index (χ4v) is 1.73. The Balaban J connectivity index is 2.66. The van der Waals surface area contributed by atoms with Gasteiger partial charge in [0.25, 0.3) is 0 Å². The van der Waals surface area contributed by atoms with Crippen molar-refractivity contribution < 1.29 is 4.74 Å². The van der Waals surface area contributed by atoms with Gasteiger partial charge in [-0.15, -0.1) is 0 Å². The highest BCUT2D eigenvalue weighted by Gasteiger charge is 2.11. The summed E-state index contributed by atoms with van der Waals surface area (Å²) in [6.45, 7) is 8.17. The average molecular weight is 273 g/mol. The maximum atomic E-state index is 5.52. The molecule has 1 rings (SSSR count). The Labute approximate surface area is 99.2 Å². The summed E-state index contributed by atoms with van der Waals surface area (Å²) in [5, 5.41) is 4.40. The molecule has 0 atom stereocenters. The lowest BCUT2D eigenvalue weighted by atomic mass is 10.4. The molecule has 1 aromatic rings. The second kappa shape index (κ2) is 6.08. The van der Waals surface area contributed by atoms with E-state index in [0.29, 0.717) is 13.2 Å². The Hall–Kier alpha value is -0.610. The largest absolute Gasteiger partial charge is 0.371 e. The molecule has 0 saturated carbocycles. The number of nitrogens with zero attached hydrogens (tertiary/aromatic N) is 2. The molecule has 0 aliphatic carbocycles. The van der Waals surface area contributed by atoms with Crippen LogP contribution in [-0.2, 0) is 17.9 Å². The zero-order chi connectivity index (χ0) is 11.3. The van der Waals surface area contributed by atoms with Gasteiger partial charge in [0.1, 0.15) is 0 Å². The molecule has 0 radical (unpaired) electrons. The van der Waals surface area contributed by atoms with Crippen molar-refractivity contribution in [3.05, 3.63) is 28.0 Å². The molecule has 0 saturated heterocycles. The summed E-state index contributed by atoms with van der Waals surface area (Å²) in [5.74, 6) is 0. The maximum Gasteiger partial charge on any atom is 0.0900 e. The van der Waals surface area contributed by atoms with Crippen LogP contribution in [0.4, 0.5) is 0 Å². The summed E-state index contributed by atoms with van der Waals surface area (Å²) in [4.78, 5) is 0. The molecule has 4 heteroatoms. The highest BCUT2D eigenvalue weighted by molar-refractivity contribution is 9.10. The minimum absolute atomic E-state index is 0.597. The van der Waals surface area contributed by atoms with Gasteiger partial charge in [0.15, 0.2) is 0 Å². The standard InChI is InChI=1S/C11H17BrN2O/c1-4-6-7-15-8-10-11(12)9(3)13-14(10)5-2/h4,6H,5,7-8H2,1-3H3. The lowest BCUT2D eigenvalue weighted by molar-refractivity contribution is 0.141. The third-order valence-corrected chi connectivity index (χ3v) is 3.17. The first kappa shape index (κ1) is 12.5. The normalized spacial score (nSPS) is 11.5. The Morgan fingerprint density at radius 3 is 2.87 bits per heavy atom. The van der Waals surface area contributed by atoms with Crippen molar-refractivity contribution in [3.63, 3.8) is 0 Å². The number of halogens is 1. The SMILES string of the molecule is CC=CCOCc1c(Br)c(C)nn1CC. The van der Waals surface area contributed by atoms with E-state index < -0.39 is 0 Å². The van der Waals surface area contributed by atoms with E-state index in [-0.39, 0.29) is 0 Å². The molecule has 0 spiro atoms. The lowest BCUT2D eigenvalue weighted by Gasteiger charge is -2.05. The summed E-state index contributed by atoms with van der Waals surface area (Å²) in [6, 6.07) is 0. The lowest BCUT2D eigenvalue weighted by Crippen LogP contribution is -2.05. The van der Waals surface area contributed by atoms with Crippen LogP contribution >= 0.6 is 15.9 Å². The molecule has 3 nitrogen and oxygen atoms in total. The number of allylic oxidation sites excluding steroid dienone is 1. The van der Waals surface area contributed by atoms with Crippen molar-refractivity contribution in [2.45, 2.75) is 33.9 Å². The zero-order valence-corrected chi connectivity index (χ0v) is 11.0.